The van der Waals surface area contributed by atoms with Crippen LogP contribution in [0.15, 0.2) is 49.1 Å². The van der Waals surface area contributed by atoms with Gasteiger partial charge in [0.2, 0.25) is 6.23 Å². The summed E-state index contributed by atoms with van der Waals surface area (Å²) in [5.74, 6) is -0.0504. The van der Waals surface area contributed by atoms with Crippen molar-refractivity contribution in [2.45, 2.75) is 72.1 Å². The van der Waals surface area contributed by atoms with Crippen molar-refractivity contribution in [1.82, 2.24) is 29.9 Å². The predicted molar refractivity (Wildman–Crippen MR) is 202 cm³/mol. The van der Waals surface area contributed by atoms with Crippen molar-refractivity contribution >= 4 is 40.3 Å². The average molecular weight is 725 g/mol. The molecule has 1 aromatic carbocycles. The van der Waals surface area contributed by atoms with E-state index in [1.807, 2.05) is 11.4 Å². The zero-order valence-corrected chi connectivity index (χ0v) is 31.6. The fourth-order valence-electron chi connectivity index (χ4n) is 7.75. The lowest BCUT2D eigenvalue weighted by Gasteiger charge is -2.46. The molecule has 1 unspecified atom stereocenters. The number of carbonyl (C=O) groups excluding carboxylic acids is 3. The predicted octanol–water partition coefficient (Wildman–Crippen LogP) is 5.07. The molecule has 0 spiro atoms. The Bertz CT molecular complexity index is 2150. The first kappa shape index (κ1) is 37.4. The van der Waals surface area contributed by atoms with E-state index in [4.69, 9.17) is 15.2 Å². The molecule has 0 saturated carbocycles. The minimum absolute atomic E-state index is 0.0491. The molecule has 1 aliphatic heterocycles. The molecule has 5 aromatic rings. The van der Waals surface area contributed by atoms with E-state index in [1.165, 1.54) is 27.0 Å². The second kappa shape index (κ2) is 15.3. The van der Waals surface area contributed by atoms with Gasteiger partial charge in [-0.15, -0.1) is 0 Å². The quantitative estimate of drug-likeness (QED) is 0.117. The Morgan fingerprint density at radius 1 is 1.11 bits per heavy atom. The van der Waals surface area contributed by atoms with Gasteiger partial charge in [0.25, 0.3) is 5.91 Å². The SMILES string of the molecule is CNCC(=O)OCc1cccnc1N(C)C(=O)OC(C)[N+]1(CC(N)=O)CCC(c2ccc3[nH]c(-c4cn5ncnc5c(C)c4C)c(C(C)C)c3c2)CC1. The summed E-state index contributed by atoms with van der Waals surface area (Å²) >= 11 is 0. The molecular formula is C39H50N9O5+. The minimum atomic E-state index is -0.657. The van der Waals surface area contributed by atoms with Gasteiger partial charge in [-0.2, -0.15) is 5.10 Å². The number of likely N-dealkylation sites (tertiary alicyclic amines) is 1. The molecule has 4 aromatic heterocycles. The van der Waals surface area contributed by atoms with Gasteiger partial charge in [0.05, 0.1) is 25.3 Å². The summed E-state index contributed by atoms with van der Waals surface area (Å²) in [6.07, 6.45) is 5.49. The number of nitrogens with one attached hydrogen (secondary N) is 2. The second-order valence-corrected chi connectivity index (χ2v) is 14.5. The van der Waals surface area contributed by atoms with E-state index in [0.717, 1.165) is 40.8 Å². The first-order valence-electron chi connectivity index (χ1n) is 18.1. The van der Waals surface area contributed by atoms with Crippen LogP contribution in [0.5, 0.6) is 0 Å². The maximum Gasteiger partial charge on any atom is 0.419 e. The zero-order valence-electron chi connectivity index (χ0n) is 31.6. The maximum absolute atomic E-state index is 13.5. The van der Waals surface area contributed by atoms with Crippen LogP contribution in [-0.2, 0) is 25.7 Å². The van der Waals surface area contributed by atoms with Crippen LogP contribution in [-0.4, -0.2) is 93.5 Å². The number of aromatic nitrogens is 5. The average Bonchev–Trinajstić information content (AvgIpc) is 3.77. The smallest absolute Gasteiger partial charge is 0.419 e. The monoisotopic (exact) mass is 724 g/mol. The van der Waals surface area contributed by atoms with Crippen LogP contribution < -0.4 is 16.0 Å². The number of anilines is 1. The number of hydrogen-bond acceptors (Lipinski definition) is 9. The summed E-state index contributed by atoms with van der Waals surface area (Å²) in [6, 6.07) is 10.1. The molecule has 2 amide bonds. The highest BCUT2D eigenvalue weighted by Crippen LogP contribution is 2.41. The number of quaternary nitrogens is 1. The number of H-pyrrole nitrogens is 1. The highest BCUT2D eigenvalue weighted by molar-refractivity contribution is 5.93. The Morgan fingerprint density at radius 3 is 2.57 bits per heavy atom. The highest BCUT2D eigenvalue weighted by Gasteiger charge is 2.43. The molecule has 5 heterocycles. The lowest BCUT2D eigenvalue weighted by Crippen LogP contribution is -2.62. The summed E-state index contributed by atoms with van der Waals surface area (Å²) in [7, 11) is 3.22. The largest absolute Gasteiger partial charge is 0.460 e. The van der Waals surface area contributed by atoms with E-state index in [-0.39, 0.29) is 36.0 Å². The van der Waals surface area contributed by atoms with Gasteiger partial charge in [-0.05, 0) is 73.2 Å². The molecule has 1 atom stereocenters. The summed E-state index contributed by atoms with van der Waals surface area (Å²) < 4.78 is 13.4. The van der Waals surface area contributed by atoms with Gasteiger partial charge in [0.15, 0.2) is 12.2 Å². The molecule has 6 rings (SSSR count). The third kappa shape index (κ3) is 7.46. The van der Waals surface area contributed by atoms with Gasteiger partial charge >= 0.3 is 12.1 Å². The molecule has 4 N–H and O–H groups in total. The number of pyridine rings is 2. The summed E-state index contributed by atoms with van der Waals surface area (Å²) in [4.78, 5) is 51.7. The fourth-order valence-corrected chi connectivity index (χ4v) is 7.75. The number of piperidine rings is 1. The number of primary amides is 1. The van der Waals surface area contributed by atoms with Crippen molar-refractivity contribution in [3.8, 4) is 11.3 Å². The van der Waals surface area contributed by atoms with E-state index < -0.39 is 24.2 Å². The summed E-state index contributed by atoms with van der Waals surface area (Å²) in [5.41, 5.74) is 15.3. The zero-order chi connectivity index (χ0) is 38.0. The highest BCUT2D eigenvalue weighted by atomic mass is 16.6. The standard InChI is InChI=1S/C39H49N9O5/c1-23(2)35-30-17-28(10-11-32(30)45-36(35)31-19-47-37(43-22-44-47)25(4)24(31)3)27-12-15-48(16-13-27,20-33(40)49)26(5)53-39(51)46(7)38-29(9-8-14-42-38)21-52-34(50)18-41-6/h8-11,14,17,19,22-23,26-27,41,45H,12-13,15-16,18,20-21H2,1-7H3,(H-,40,49)/p+1. The molecule has 0 radical (unpaired) electrons. The first-order valence-corrected chi connectivity index (χ1v) is 18.1. The van der Waals surface area contributed by atoms with Crippen molar-refractivity contribution in [3.63, 3.8) is 0 Å². The number of aryl methyl sites for hydroxylation is 1. The third-order valence-electron chi connectivity index (χ3n) is 10.8. The van der Waals surface area contributed by atoms with E-state index in [0.29, 0.717) is 24.5 Å². The summed E-state index contributed by atoms with van der Waals surface area (Å²) in [5, 5.41) is 8.37. The molecule has 280 valence electrons. The van der Waals surface area contributed by atoms with Crippen molar-refractivity contribution in [2.24, 2.45) is 5.73 Å². The number of likely N-dealkylation sites (N-methyl/N-ethyl adjacent to an activating group) is 1. The number of nitrogens with zero attached hydrogens (tertiary/aromatic N) is 6. The number of rotatable bonds is 12. The number of fused-ring (bicyclic) bond motifs is 2. The van der Waals surface area contributed by atoms with Crippen LogP contribution in [0.1, 0.15) is 73.3 Å². The normalized spacial score (nSPS) is 18.0. The second-order valence-electron chi connectivity index (χ2n) is 14.5. The number of esters is 1. The van der Waals surface area contributed by atoms with E-state index >= 15 is 0 Å². The Hall–Kier alpha value is -5.34. The molecule has 14 nitrogen and oxygen atoms in total. The Morgan fingerprint density at radius 2 is 1.87 bits per heavy atom. The van der Waals surface area contributed by atoms with Crippen molar-refractivity contribution in [3.05, 3.63) is 76.9 Å². The number of amides is 2. The molecule has 1 saturated heterocycles. The molecule has 14 heteroatoms. The topological polar surface area (TPSA) is 170 Å². The Balaban J connectivity index is 1.20. The molecule has 1 fully saturated rings. The van der Waals surface area contributed by atoms with Crippen LogP contribution in [0.25, 0.3) is 27.8 Å². The summed E-state index contributed by atoms with van der Waals surface area (Å²) in [6.45, 7) is 11.8. The van der Waals surface area contributed by atoms with Crippen molar-refractivity contribution < 1.29 is 28.3 Å². The van der Waals surface area contributed by atoms with E-state index in [2.05, 4.69) is 77.5 Å². The van der Waals surface area contributed by atoms with Gasteiger partial charge in [-0.25, -0.2) is 19.3 Å². The van der Waals surface area contributed by atoms with Gasteiger partial charge in [0, 0.05) is 61.2 Å². The molecule has 53 heavy (non-hydrogen) atoms. The maximum atomic E-state index is 13.5. The van der Waals surface area contributed by atoms with Gasteiger partial charge < -0.3 is 25.5 Å². The Labute approximate surface area is 309 Å². The van der Waals surface area contributed by atoms with E-state index in [9.17, 15) is 14.4 Å². The molecule has 1 aliphatic rings. The van der Waals surface area contributed by atoms with Crippen LogP contribution >= 0.6 is 0 Å². The van der Waals surface area contributed by atoms with Gasteiger partial charge in [-0.1, -0.05) is 26.0 Å². The first-order chi connectivity index (χ1) is 25.3. The minimum Gasteiger partial charge on any atom is -0.460 e. The van der Waals surface area contributed by atoms with Crippen LogP contribution in [0.4, 0.5) is 10.6 Å². The number of hydrogen-bond donors (Lipinski definition) is 3. The van der Waals surface area contributed by atoms with Crippen molar-refractivity contribution in [1.29, 1.82) is 0 Å². The van der Waals surface area contributed by atoms with E-state index in [1.54, 1.807) is 38.8 Å². The molecule has 0 aliphatic carbocycles. The van der Waals surface area contributed by atoms with Gasteiger partial charge in [0.1, 0.15) is 18.8 Å². The number of benzene rings is 1. The van der Waals surface area contributed by atoms with Crippen LogP contribution in [0.2, 0.25) is 0 Å². The molecular weight excluding hydrogens is 674 g/mol. The van der Waals surface area contributed by atoms with Crippen LogP contribution in [0, 0.1) is 13.8 Å². The number of ether oxygens (including phenoxy) is 2. The lowest BCUT2D eigenvalue weighted by atomic mass is 9.86. The van der Waals surface area contributed by atoms with Gasteiger partial charge in [-0.3, -0.25) is 19.0 Å². The lowest BCUT2D eigenvalue weighted by molar-refractivity contribution is -0.964. The molecule has 0 bridgehead atoms. The van der Waals surface area contributed by atoms with Crippen molar-refractivity contribution in [2.75, 3.05) is 45.2 Å². The number of carbonyl (C=O) groups is 3. The number of nitrogens with two attached hydrogens (primary N) is 1. The fraction of sp³-hybridized carbons (Fsp3) is 0.436. The number of aromatic amines is 1. The Kier molecular flexibility index (Phi) is 10.8. The van der Waals surface area contributed by atoms with Crippen LogP contribution in [0.3, 0.4) is 0 Å². The third-order valence-corrected chi connectivity index (χ3v) is 10.8.